The highest BCUT2D eigenvalue weighted by molar-refractivity contribution is 7.92. The molecule has 2 aromatic rings. The van der Waals surface area contributed by atoms with Crippen LogP contribution in [0.15, 0.2) is 59.5 Å². The standard InChI is InChI=1S/C19H22FNO4S2/c20-17-6-8-18(9-7-17)27(24,25)19-10-13-21(14-11-19)26(22,23)15-12-16-4-2-1-3-5-16/h1-9,19H,10-15H2. The third-order valence-corrected chi connectivity index (χ3v) is 9.02. The van der Waals surface area contributed by atoms with Crippen LogP contribution in [0.3, 0.4) is 0 Å². The lowest BCUT2D eigenvalue weighted by molar-refractivity contribution is 0.345. The van der Waals surface area contributed by atoms with Gasteiger partial charge >= 0.3 is 0 Å². The summed E-state index contributed by atoms with van der Waals surface area (Å²) in [4.78, 5) is 0.0780. The Labute approximate surface area is 159 Å². The molecule has 0 bridgehead atoms. The number of halogens is 1. The second kappa shape index (κ2) is 8.08. The van der Waals surface area contributed by atoms with E-state index in [1.54, 1.807) is 0 Å². The number of sulfonamides is 1. The number of sulfone groups is 1. The normalized spacial score (nSPS) is 17.1. The van der Waals surface area contributed by atoms with Gasteiger partial charge in [-0.25, -0.2) is 25.5 Å². The van der Waals surface area contributed by atoms with Gasteiger partial charge in [0, 0.05) is 13.1 Å². The number of aryl methyl sites for hydroxylation is 1. The Morgan fingerprint density at radius 1 is 0.889 bits per heavy atom. The smallest absolute Gasteiger partial charge is 0.214 e. The van der Waals surface area contributed by atoms with E-state index in [1.165, 1.54) is 16.4 Å². The van der Waals surface area contributed by atoms with Crippen molar-refractivity contribution in [1.29, 1.82) is 0 Å². The summed E-state index contributed by atoms with van der Waals surface area (Å²) >= 11 is 0. The Morgan fingerprint density at radius 2 is 1.48 bits per heavy atom. The average Bonchev–Trinajstić information content (AvgIpc) is 2.68. The van der Waals surface area contributed by atoms with Gasteiger partial charge in [0.05, 0.1) is 15.9 Å². The quantitative estimate of drug-likeness (QED) is 0.685. The minimum absolute atomic E-state index is 0.00634. The van der Waals surface area contributed by atoms with E-state index < -0.39 is 30.9 Å². The summed E-state index contributed by atoms with van der Waals surface area (Å²) < 4.78 is 64.9. The molecule has 0 N–H and O–H groups in total. The van der Waals surface area contributed by atoms with Crippen LogP contribution in [0.25, 0.3) is 0 Å². The fourth-order valence-corrected chi connectivity index (χ4v) is 6.51. The van der Waals surface area contributed by atoms with Crippen LogP contribution in [0.1, 0.15) is 18.4 Å². The fraction of sp³-hybridized carbons (Fsp3) is 0.368. The molecular formula is C19H22FNO4S2. The van der Waals surface area contributed by atoms with Crippen molar-refractivity contribution >= 4 is 19.9 Å². The summed E-state index contributed by atoms with van der Waals surface area (Å²) in [6.07, 6.45) is 0.908. The molecule has 1 saturated heterocycles. The monoisotopic (exact) mass is 411 g/mol. The zero-order valence-corrected chi connectivity index (χ0v) is 16.4. The second-order valence-electron chi connectivity index (χ2n) is 6.65. The van der Waals surface area contributed by atoms with Crippen LogP contribution in [0, 0.1) is 5.82 Å². The van der Waals surface area contributed by atoms with Crippen molar-refractivity contribution in [2.45, 2.75) is 29.4 Å². The molecule has 0 unspecified atom stereocenters. The molecule has 27 heavy (non-hydrogen) atoms. The van der Waals surface area contributed by atoms with Gasteiger partial charge in [0.1, 0.15) is 5.82 Å². The number of rotatable bonds is 6. The maximum Gasteiger partial charge on any atom is 0.214 e. The van der Waals surface area contributed by atoms with E-state index in [2.05, 4.69) is 0 Å². The van der Waals surface area contributed by atoms with Gasteiger partial charge in [-0.2, -0.15) is 0 Å². The van der Waals surface area contributed by atoms with Crippen LogP contribution < -0.4 is 0 Å². The number of nitrogens with zero attached hydrogens (tertiary/aromatic N) is 1. The van der Waals surface area contributed by atoms with Gasteiger partial charge in [-0.3, -0.25) is 0 Å². The van der Waals surface area contributed by atoms with Crippen molar-refractivity contribution in [2.75, 3.05) is 18.8 Å². The number of piperidine rings is 1. The Bertz CT molecular complexity index is 966. The molecule has 5 nitrogen and oxygen atoms in total. The topological polar surface area (TPSA) is 71.5 Å². The molecule has 8 heteroatoms. The molecule has 0 aromatic heterocycles. The van der Waals surface area contributed by atoms with Crippen LogP contribution >= 0.6 is 0 Å². The van der Waals surface area contributed by atoms with Crippen LogP contribution in [0.5, 0.6) is 0 Å². The zero-order valence-electron chi connectivity index (χ0n) is 14.8. The molecule has 0 saturated carbocycles. The Morgan fingerprint density at radius 3 is 2.07 bits per heavy atom. The minimum Gasteiger partial charge on any atom is -0.223 e. The van der Waals surface area contributed by atoms with E-state index in [9.17, 15) is 21.2 Å². The Balaban J connectivity index is 1.61. The van der Waals surface area contributed by atoms with E-state index >= 15 is 0 Å². The molecule has 1 aliphatic rings. The second-order valence-corrected chi connectivity index (χ2v) is 11.0. The minimum atomic E-state index is -3.59. The van der Waals surface area contributed by atoms with Crippen LogP contribution in [0.4, 0.5) is 4.39 Å². The van der Waals surface area contributed by atoms with E-state index in [-0.39, 0.29) is 36.6 Å². The van der Waals surface area contributed by atoms with Crippen molar-refractivity contribution in [3.63, 3.8) is 0 Å². The summed E-state index contributed by atoms with van der Waals surface area (Å²) in [5.74, 6) is -0.486. The van der Waals surface area contributed by atoms with Crippen molar-refractivity contribution < 1.29 is 21.2 Å². The van der Waals surface area contributed by atoms with Gasteiger partial charge in [0.15, 0.2) is 9.84 Å². The van der Waals surface area contributed by atoms with Crippen molar-refractivity contribution in [2.24, 2.45) is 0 Å². The molecule has 1 aliphatic heterocycles. The SMILES string of the molecule is O=S(=O)(c1ccc(F)cc1)C1CCN(S(=O)(=O)CCc2ccccc2)CC1. The van der Waals surface area contributed by atoms with Crippen LogP contribution in [-0.4, -0.2) is 45.2 Å². The van der Waals surface area contributed by atoms with Gasteiger partial charge in [0.2, 0.25) is 10.0 Å². The van der Waals surface area contributed by atoms with Crippen molar-refractivity contribution in [3.05, 3.63) is 66.0 Å². The summed E-state index contributed by atoms with van der Waals surface area (Å²) in [6, 6.07) is 14.1. The fourth-order valence-electron chi connectivity index (χ4n) is 3.26. The first-order chi connectivity index (χ1) is 12.8. The van der Waals surface area contributed by atoms with E-state index in [4.69, 9.17) is 0 Å². The summed E-state index contributed by atoms with van der Waals surface area (Å²) in [6.45, 7) is 0.366. The predicted molar refractivity (Wildman–Crippen MR) is 102 cm³/mol. The summed E-state index contributed by atoms with van der Waals surface area (Å²) in [7, 11) is -7.02. The largest absolute Gasteiger partial charge is 0.223 e. The molecule has 0 atom stereocenters. The first-order valence-electron chi connectivity index (χ1n) is 8.80. The molecule has 0 amide bonds. The lowest BCUT2D eigenvalue weighted by atomic mass is 10.2. The molecule has 0 spiro atoms. The summed E-state index contributed by atoms with van der Waals surface area (Å²) in [5.41, 5.74) is 0.954. The number of benzene rings is 2. The highest BCUT2D eigenvalue weighted by atomic mass is 32.2. The molecule has 3 rings (SSSR count). The molecule has 1 fully saturated rings. The van der Waals surface area contributed by atoms with Crippen molar-refractivity contribution in [1.82, 2.24) is 4.31 Å². The van der Waals surface area contributed by atoms with E-state index in [0.717, 1.165) is 17.7 Å². The molecule has 2 aromatic carbocycles. The van der Waals surface area contributed by atoms with E-state index in [1.807, 2.05) is 30.3 Å². The van der Waals surface area contributed by atoms with Gasteiger partial charge in [-0.1, -0.05) is 30.3 Å². The number of hydrogen-bond donors (Lipinski definition) is 0. The van der Waals surface area contributed by atoms with Crippen LogP contribution in [0.2, 0.25) is 0 Å². The lowest BCUT2D eigenvalue weighted by Gasteiger charge is -2.31. The van der Waals surface area contributed by atoms with E-state index in [0.29, 0.717) is 6.42 Å². The Hall–Kier alpha value is -1.77. The van der Waals surface area contributed by atoms with Crippen molar-refractivity contribution in [3.8, 4) is 0 Å². The van der Waals surface area contributed by atoms with Gasteiger partial charge in [-0.15, -0.1) is 0 Å². The molecule has 1 heterocycles. The van der Waals surface area contributed by atoms with Gasteiger partial charge in [-0.05, 0) is 49.1 Å². The highest BCUT2D eigenvalue weighted by Gasteiger charge is 2.34. The summed E-state index contributed by atoms with van der Waals surface area (Å²) in [5, 5.41) is -0.650. The molecular weight excluding hydrogens is 389 g/mol. The van der Waals surface area contributed by atoms with Gasteiger partial charge < -0.3 is 0 Å². The zero-order chi connectivity index (χ0) is 19.5. The predicted octanol–water partition coefficient (Wildman–Crippen LogP) is 2.64. The first-order valence-corrected chi connectivity index (χ1v) is 12.0. The maximum atomic E-state index is 13.0. The molecule has 146 valence electrons. The molecule has 0 radical (unpaired) electrons. The highest BCUT2D eigenvalue weighted by Crippen LogP contribution is 2.26. The van der Waals surface area contributed by atoms with Gasteiger partial charge in [0.25, 0.3) is 0 Å². The molecule has 0 aliphatic carbocycles. The lowest BCUT2D eigenvalue weighted by Crippen LogP contribution is -2.43. The number of hydrogen-bond acceptors (Lipinski definition) is 4. The van der Waals surface area contributed by atoms with Crippen LogP contribution in [-0.2, 0) is 26.3 Å². The average molecular weight is 412 g/mol. The maximum absolute atomic E-state index is 13.0. The third kappa shape index (κ3) is 4.75. The first kappa shape index (κ1) is 20.0. The third-order valence-electron chi connectivity index (χ3n) is 4.87. The Kier molecular flexibility index (Phi) is 5.98.